The summed E-state index contributed by atoms with van der Waals surface area (Å²) in [4.78, 5) is 26.3. The van der Waals surface area contributed by atoms with E-state index in [1.165, 1.54) is 5.56 Å². The topological polar surface area (TPSA) is 69.6 Å². The quantitative estimate of drug-likeness (QED) is 0.778. The first-order valence-electron chi connectivity index (χ1n) is 8.80. The molecule has 1 aliphatic heterocycles. The minimum absolute atomic E-state index is 0.148. The number of likely N-dealkylation sites (tertiary alicyclic amines) is 1. The van der Waals surface area contributed by atoms with Crippen LogP contribution in [0.1, 0.15) is 22.3 Å². The zero-order valence-electron chi connectivity index (χ0n) is 15.1. The van der Waals surface area contributed by atoms with Gasteiger partial charge in [0.2, 0.25) is 11.8 Å². The van der Waals surface area contributed by atoms with E-state index in [0.29, 0.717) is 6.54 Å². The number of β-lactam (4-membered cyclic amide) rings is 1. The van der Waals surface area contributed by atoms with E-state index in [1.54, 1.807) is 4.90 Å². The molecule has 1 heterocycles. The zero-order chi connectivity index (χ0) is 18.7. The van der Waals surface area contributed by atoms with Crippen molar-refractivity contribution in [1.82, 2.24) is 10.2 Å². The van der Waals surface area contributed by atoms with E-state index in [2.05, 4.69) is 11.4 Å². The third kappa shape index (κ3) is 3.78. The molecule has 0 saturated carbocycles. The number of benzene rings is 2. The molecule has 2 N–H and O–H groups in total. The number of hydrogen-bond acceptors (Lipinski definition) is 3. The molecule has 0 bridgehead atoms. The van der Waals surface area contributed by atoms with E-state index in [0.717, 1.165) is 16.7 Å². The van der Waals surface area contributed by atoms with E-state index >= 15 is 0 Å². The van der Waals surface area contributed by atoms with Gasteiger partial charge in [0, 0.05) is 6.54 Å². The van der Waals surface area contributed by atoms with Crippen molar-refractivity contribution < 1.29 is 14.7 Å². The number of aliphatic hydroxyl groups is 1. The normalized spacial score (nSPS) is 19.2. The van der Waals surface area contributed by atoms with Crippen molar-refractivity contribution in [2.75, 3.05) is 6.61 Å². The first-order valence-corrected chi connectivity index (χ1v) is 8.80. The Hall–Kier alpha value is -2.66. The third-order valence-corrected chi connectivity index (χ3v) is 4.88. The zero-order valence-corrected chi connectivity index (χ0v) is 15.1. The third-order valence-electron chi connectivity index (χ3n) is 4.88. The molecule has 0 aliphatic carbocycles. The van der Waals surface area contributed by atoms with Gasteiger partial charge in [-0.05, 0) is 30.5 Å². The van der Waals surface area contributed by atoms with Gasteiger partial charge in [-0.15, -0.1) is 0 Å². The molecule has 0 aromatic heterocycles. The number of nitrogens with zero attached hydrogens (tertiary/aromatic N) is 1. The van der Waals surface area contributed by atoms with Gasteiger partial charge in [-0.1, -0.05) is 54.1 Å². The molecule has 1 saturated heterocycles. The molecule has 1 aliphatic rings. The molecular formula is C21H24N2O3. The van der Waals surface area contributed by atoms with Crippen molar-refractivity contribution in [3.8, 4) is 0 Å². The molecule has 5 heteroatoms. The van der Waals surface area contributed by atoms with Gasteiger partial charge in [0.25, 0.3) is 0 Å². The van der Waals surface area contributed by atoms with Crippen molar-refractivity contribution in [1.29, 1.82) is 0 Å². The van der Waals surface area contributed by atoms with Gasteiger partial charge in [-0.3, -0.25) is 9.59 Å². The summed E-state index contributed by atoms with van der Waals surface area (Å²) in [6.45, 7) is 4.31. The number of carbonyl (C=O) groups is 2. The van der Waals surface area contributed by atoms with Gasteiger partial charge in [0.1, 0.15) is 6.04 Å². The highest BCUT2D eigenvalue weighted by Gasteiger charge is 2.47. The van der Waals surface area contributed by atoms with Crippen LogP contribution in [-0.2, 0) is 22.6 Å². The molecule has 2 atom stereocenters. The van der Waals surface area contributed by atoms with Crippen molar-refractivity contribution in [2.45, 2.75) is 38.9 Å². The predicted octanol–water partition coefficient (Wildman–Crippen LogP) is 1.73. The number of aryl methyl sites for hydroxylation is 2. The lowest BCUT2D eigenvalue weighted by molar-refractivity contribution is -0.157. The molecule has 1 fully saturated rings. The molecule has 136 valence electrons. The molecule has 2 amide bonds. The highest BCUT2D eigenvalue weighted by molar-refractivity contribution is 5.94. The summed E-state index contributed by atoms with van der Waals surface area (Å²) < 4.78 is 0. The minimum atomic E-state index is -0.651. The largest absolute Gasteiger partial charge is 0.394 e. The molecule has 5 nitrogen and oxygen atoms in total. The van der Waals surface area contributed by atoms with Crippen LogP contribution in [0.15, 0.2) is 48.5 Å². The van der Waals surface area contributed by atoms with Crippen LogP contribution in [0.5, 0.6) is 0 Å². The maximum Gasteiger partial charge on any atom is 0.248 e. The van der Waals surface area contributed by atoms with E-state index in [4.69, 9.17) is 0 Å². The van der Waals surface area contributed by atoms with Crippen LogP contribution in [0.2, 0.25) is 0 Å². The van der Waals surface area contributed by atoms with E-state index in [1.807, 2.05) is 56.3 Å². The lowest BCUT2D eigenvalue weighted by Gasteiger charge is -2.46. The lowest BCUT2D eigenvalue weighted by Crippen LogP contribution is -2.71. The Kier molecular flexibility index (Phi) is 5.38. The molecular weight excluding hydrogens is 328 g/mol. The van der Waals surface area contributed by atoms with Crippen LogP contribution in [0.3, 0.4) is 0 Å². The maximum absolute atomic E-state index is 12.5. The van der Waals surface area contributed by atoms with Crippen LogP contribution in [0.25, 0.3) is 0 Å². The van der Waals surface area contributed by atoms with Gasteiger partial charge in [0.05, 0.1) is 19.1 Å². The highest BCUT2D eigenvalue weighted by atomic mass is 16.3. The number of carbonyl (C=O) groups excluding carboxylic acids is 2. The Morgan fingerprint density at radius 3 is 2.54 bits per heavy atom. The van der Waals surface area contributed by atoms with Gasteiger partial charge >= 0.3 is 0 Å². The predicted molar refractivity (Wildman–Crippen MR) is 99.4 cm³/mol. The second-order valence-corrected chi connectivity index (χ2v) is 6.85. The fraction of sp³-hybridized carbons (Fsp3) is 0.333. The van der Waals surface area contributed by atoms with Gasteiger partial charge < -0.3 is 15.3 Å². The summed E-state index contributed by atoms with van der Waals surface area (Å²) in [7, 11) is 0. The summed E-state index contributed by atoms with van der Waals surface area (Å²) in [5.41, 5.74) is 4.23. The van der Waals surface area contributed by atoms with Crippen LogP contribution >= 0.6 is 0 Å². The van der Waals surface area contributed by atoms with Crippen molar-refractivity contribution in [3.05, 3.63) is 70.8 Å². The van der Waals surface area contributed by atoms with Gasteiger partial charge in [0.15, 0.2) is 0 Å². The molecule has 0 spiro atoms. The Morgan fingerprint density at radius 2 is 1.88 bits per heavy atom. The summed E-state index contributed by atoms with van der Waals surface area (Å²) >= 11 is 0. The fourth-order valence-electron chi connectivity index (χ4n) is 3.37. The first-order chi connectivity index (χ1) is 12.5. The average Bonchev–Trinajstić information content (AvgIpc) is 2.62. The van der Waals surface area contributed by atoms with Crippen LogP contribution < -0.4 is 5.32 Å². The summed E-state index contributed by atoms with van der Waals surface area (Å²) in [5, 5.41) is 12.5. The smallest absolute Gasteiger partial charge is 0.248 e. The maximum atomic E-state index is 12.5. The second kappa shape index (κ2) is 7.70. The molecule has 3 rings (SSSR count). The number of amides is 2. The average molecular weight is 352 g/mol. The Bertz CT molecular complexity index is 804. The summed E-state index contributed by atoms with van der Waals surface area (Å²) in [6, 6.07) is 14.4. The fourth-order valence-corrected chi connectivity index (χ4v) is 3.37. The highest BCUT2D eigenvalue weighted by Crippen LogP contribution is 2.24. The minimum Gasteiger partial charge on any atom is -0.394 e. The Morgan fingerprint density at radius 1 is 1.15 bits per heavy atom. The molecule has 0 radical (unpaired) electrons. The van der Waals surface area contributed by atoms with Crippen molar-refractivity contribution in [2.24, 2.45) is 0 Å². The summed E-state index contributed by atoms with van der Waals surface area (Å²) in [5.74, 6) is -0.357. The Labute approximate surface area is 153 Å². The van der Waals surface area contributed by atoms with E-state index in [9.17, 15) is 14.7 Å². The number of hydrogen-bond donors (Lipinski definition) is 2. The molecule has 26 heavy (non-hydrogen) atoms. The lowest BCUT2D eigenvalue weighted by atomic mass is 9.93. The van der Waals surface area contributed by atoms with Gasteiger partial charge in [-0.25, -0.2) is 0 Å². The standard InChI is InChI=1S/C21H24N2O3/c1-14-8-9-17(15(2)10-14)12-23-18(13-24)20(21(23)26)22-19(25)11-16-6-4-3-5-7-16/h3-10,18,20,24H,11-13H2,1-2H3,(H,22,25)/t18-,20+/m0/s1. The Balaban J connectivity index is 1.62. The SMILES string of the molecule is Cc1ccc(CN2C(=O)[C@H](NC(=O)Cc3ccccc3)[C@@H]2CO)c(C)c1. The monoisotopic (exact) mass is 352 g/mol. The molecule has 0 unspecified atom stereocenters. The van der Waals surface area contributed by atoms with Crippen LogP contribution in [-0.4, -0.2) is 40.5 Å². The van der Waals surface area contributed by atoms with Crippen molar-refractivity contribution in [3.63, 3.8) is 0 Å². The molecule has 2 aromatic carbocycles. The number of aliphatic hydroxyl groups excluding tert-OH is 1. The van der Waals surface area contributed by atoms with E-state index in [-0.39, 0.29) is 30.9 Å². The van der Waals surface area contributed by atoms with E-state index < -0.39 is 6.04 Å². The van der Waals surface area contributed by atoms with Crippen LogP contribution in [0.4, 0.5) is 0 Å². The number of rotatable bonds is 6. The van der Waals surface area contributed by atoms with Crippen LogP contribution in [0, 0.1) is 13.8 Å². The first kappa shape index (κ1) is 18.1. The number of nitrogens with one attached hydrogen (secondary N) is 1. The molecule has 2 aromatic rings. The van der Waals surface area contributed by atoms with Gasteiger partial charge in [-0.2, -0.15) is 0 Å². The second-order valence-electron chi connectivity index (χ2n) is 6.85. The van der Waals surface area contributed by atoms with Crippen molar-refractivity contribution >= 4 is 11.8 Å². The summed E-state index contributed by atoms with van der Waals surface area (Å²) in [6.07, 6.45) is 0.222.